The first-order valence-corrected chi connectivity index (χ1v) is 10.2. The molecule has 0 saturated heterocycles. The van der Waals surface area contributed by atoms with Gasteiger partial charge in [0.25, 0.3) is 0 Å². The highest BCUT2D eigenvalue weighted by molar-refractivity contribution is 5.29. The third-order valence-electron chi connectivity index (χ3n) is 5.01. The third kappa shape index (κ3) is 7.21. The zero-order chi connectivity index (χ0) is 18.6. The smallest absolute Gasteiger partial charge is 0.119 e. The molecule has 2 aromatic carbocycles. The van der Waals surface area contributed by atoms with Crippen LogP contribution >= 0.6 is 0 Å². The van der Waals surface area contributed by atoms with Gasteiger partial charge in [-0.2, -0.15) is 0 Å². The average molecular weight is 354 g/mol. The lowest BCUT2D eigenvalue weighted by atomic mass is 10.1. The number of rotatable bonds is 12. The van der Waals surface area contributed by atoms with Crippen molar-refractivity contribution in [1.29, 1.82) is 0 Å². The van der Waals surface area contributed by atoms with Crippen molar-refractivity contribution in [3.05, 3.63) is 65.2 Å². The van der Waals surface area contributed by atoms with E-state index in [1.54, 1.807) is 0 Å². The maximum atomic E-state index is 5.87. The van der Waals surface area contributed by atoms with Crippen LogP contribution in [0, 0.1) is 6.92 Å². The van der Waals surface area contributed by atoms with E-state index < -0.39 is 0 Å². The topological polar surface area (TPSA) is 21.3 Å². The summed E-state index contributed by atoms with van der Waals surface area (Å²) in [5, 5.41) is 3.61. The fourth-order valence-corrected chi connectivity index (χ4v) is 3.11. The second-order valence-corrected chi connectivity index (χ2v) is 7.21. The summed E-state index contributed by atoms with van der Waals surface area (Å²) in [7, 11) is 0. The summed E-state index contributed by atoms with van der Waals surface area (Å²) in [5.74, 6) is 0.980. The van der Waals surface area contributed by atoms with Gasteiger partial charge in [-0.3, -0.25) is 0 Å². The van der Waals surface area contributed by atoms with Crippen molar-refractivity contribution >= 4 is 0 Å². The lowest BCUT2D eigenvalue weighted by molar-refractivity contribution is 0.304. The molecule has 0 aliphatic heterocycles. The van der Waals surface area contributed by atoms with E-state index in [4.69, 9.17) is 4.74 Å². The Morgan fingerprint density at radius 1 is 0.885 bits per heavy atom. The minimum Gasteiger partial charge on any atom is -0.494 e. The Morgan fingerprint density at radius 2 is 1.58 bits per heavy atom. The molecule has 142 valence electrons. The SMILES string of the molecule is CCCCCCCCOc1ccc(C(C)NCc2ccccc2C)cc1. The van der Waals surface area contributed by atoms with Gasteiger partial charge < -0.3 is 10.1 Å². The lowest BCUT2D eigenvalue weighted by Gasteiger charge is -2.16. The second-order valence-electron chi connectivity index (χ2n) is 7.21. The van der Waals surface area contributed by atoms with Gasteiger partial charge in [0, 0.05) is 12.6 Å². The molecule has 0 saturated carbocycles. The highest BCUT2D eigenvalue weighted by atomic mass is 16.5. The maximum Gasteiger partial charge on any atom is 0.119 e. The fourth-order valence-electron chi connectivity index (χ4n) is 3.11. The van der Waals surface area contributed by atoms with Crippen LogP contribution in [0.15, 0.2) is 48.5 Å². The normalized spacial score (nSPS) is 12.1. The Hall–Kier alpha value is -1.80. The van der Waals surface area contributed by atoms with Gasteiger partial charge in [0.2, 0.25) is 0 Å². The highest BCUT2D eigenvalue weighted by Gasteiger charge is 2.06. The number of benzene rings is 2. The van der Waals surface area contributed by atoms with E-state index in [1.165, 1.54) is 48.8 Å². The molecule has 1 atom stereocenters. The predicted molar refractivity (Wildman–Crippen MR) is 112 cm³/mol. The maximum absolute atomic E-state index is 5.87. The predicted octanol–water partition coefficient (Wildman–Crippen LogP) is 6.59. The van der Waals surface area contributed by atoms with Gasteiger partial charge in [-0.1, -0.05) is 75.4 Å². The van der Waals surface area contributed by atoms with E-state index in [0.29, 0.717) is 6.04 Å². The van der Waals surface area contributed by atoms with E-state index in [9.17, 15) is 0 Å². The van der Waals surface area contributed by atoms with E-state index in [2.05, 4.69) is 74.6 Å². The van der Waals surface area contributed by atoms with Gasteiger partial charge in [-0.25, -0.2) is 0 Å². The van der Waals surface area contributed by atoms with Crippen molar-refractivity contribution in [3.63, 3.8) is 0 Å². The first kappa shape index (κ1) is 20.5. The minimum absolute atomic E-state index is 0.322. The number of aryl methyl sites for hydroxylation is 1. The molecule has 0 fully saturated rings. The Balaban J connectivity index is 1.70. The number of nitrogens with one attached hydrogen (secondary N) is 1. The van der Waals surface area contributed by atoms with Crippen molar-refractivity contribution in [1.82, 2.24) is 5.32 Å². The number of hydrogen-bond donors (Lipinski definition) is 1. The van der Waals surface area contributed by atoms with E-state index >= 15 is 0 Å². The van der Waals surface area contributed by atoms with Crippen molar-refractivity contribution in [2.24, 2.45) is 0 Å². The standard InChI is InChI=1S/C24H35NO/c1-4-5-6-7-8-11-18-26-24-16-14-22(15-17-24)21(3)25-19-23-13-10-9-12-20(23)2/h9-10,12-17,21,25H,4-8,11,18-19H2,1-3H3. The van der Waals surface area contributed by atoms with Crippen LogP contribution in [0.1, 0.15) is 75.1 Å². The van der Waals surface area contributed by atoms with Crippen LogP contribution in [0.4, 0.5) is 0 Å². The summed E-state index contributed by atoms with van der Waals surface area (Å²) < 4.78 is 5.87. The van der Waals surface area contributed by atoms with Crippen LogP contribution < -0.4 is 10.1 Å². The fraction of sp³-hybridized carbons (Fsp3) is 0.500. The van der Waals surface area contributed by atoms with Gasteiger partial charge >= 0.3 is 0 Å². The zero-order valence-corrected chi connectivity index (χ0v) is 16.8. The number of hydrogen-bond acceptors (Lipinski definition) is 2. The van der Waals surface area contributed by atoms with Gasteiger partial charge in [-0.15, -0.1) is 0 Å². The summed E-state index contributed by atoms with van der Waals surface area (Å²) >= 11 is 0. The molecule has 1 N–H and O–H groups in total. The number of ether oxygens (including phenoxy) is 1. The van der Waals surface area contributed by atoms with Crippen LogP contribution in [-0.2, 0) is 6.54 Å². The van der Waals surface area contributed by atoms with Gasteiger partial charge in [0.15, 0.2) is 0 Å². The van der Waals surface area contributed by atoms with Crippen molar-refractivity contribution in [2.75, 3.05) is 6.61 Å². The largest absolute Gasteiger partial charge is 0.494 e. The van der Waals surface area contributed by atoms with Crippen LogP contribution in [0.5, 0.6) is 5.75 Å². The van der Waals surface area contributed by atoms with Crippen molar-refractivity contribution < 1.29 is 4.74 Å². The van der Waals surface area contributed by atoms with Crippen LogP contribution in [0.3, 0.4) is 0 Å². The first-order chi connectivity index (χ1) is 12.7. The molecule has 0 heterocycles. The molecule has 2 rings (SSSR count). The monoisotopic (exact) mass is 353 g/mol. The van der Waals surface area contributed by atoms with Crippen molar-refractivity contribution in [3.8, 4) is 5.75 Å². The molecule has 0 amide bonds. The molecule has 0 radical (unpaired) electrons. The van der Waals surface area contributed by atoms with Crippen molar-refractivity contribution in [2.45, 2.75) is 71.9 Å². The third-order valence-corrected chi connectivity index (χ3v) is 5.01. The Kier molecular flexibility index (Phi) is 9.27. The molecule has 0 aliphatic rings. The average Bonchev–Trinajstić information content (AvgIpc) is 2.67. The molecule has 0 aromatic heterocycles. The van der Waals surface area contributed by atoms with Crippen LogP contribution in [0.2, 0.25) is 0 Å². The second kappa shape index (κ2) is 11.7. The van der Waals surface area contributed by atoms with E-state index in [1.807, 2.05) is 0 Å². The lowest BCUT2D eigenvalue weighted by Crippen LogP contribution is -2.18. The molecular weight excluding hydrogens is 318 g/mol. The molecule has 0 spiro atoms. The molecule has 2 nitrogen and oxygen atoms in total. The van der Waals surface area contributed by atoms with Gasteiger partial charge in [0.05, 0.1) is 6.61 Å². The Bertz CT molecular complexity index is 620. The van der Waals surface area contributed by atoms with E-state index in [0.717, 1.165) is 25.3 Å². The number of unbranched alkanes of at least 4 members (excludes halogenated alkanes) is 5. The summed E-state index contributed by atoms with van der Waals surface area (Å²) in [6, 6.07) is 17.4. The van der Waals surface area contributed by atoms with Crippen LogP contribution in [0.25, 0.3) is 0 Å². The zero-order valence-electron chi connectivity index (χ0n) is 16.8. The summed E-state index contributed by atoms with van der Waals surface area (Å²) in [5.41, 5.74) is 3.99. The van der Waals surface area contributed by atoms with Gasteiger partial charge in [0.1, 0.15) is 5.75 Å². The quantitative estimate of drug-likeness (QED) is 0.435. The van der Waals surface area contributed by atoms with Crippen LogP contribution in [-0.4, -0.2) is 6.61 Å². The molecular formula is C24H35NO. The summed E-state index contributed by atoms with van der Waals surface area (Å²) in [4.78, 5) is 0. The Labute approximate surface area is 160 Å². The first-order valence-electron chi connectivity index (χ1n) is 10.2. The highest BCUT2D eigenvalue weighted by Crippen LogP contribution is 2.19. The molecule has 2 heteroatoms. The van der Waals surface area contributed by atoms with E-state index in [-0.39, 0.29) is 0 Å². The minimum atomic E-state index is 0.322. The molecule has 0 aliphatic carbocycles. The van der Waals surface area contributed by atoms with Gasteiger partial charge in [-0.05, 0) is 49.1 Å². The summed E-state index contributed by atoms with van der Waals surface area (Å²) in [6.07, 6.45) is 7.79. The molecule has 26 heavy (non-hydrogen) atoms. The molecule has 0 bridgehead atoms. The summed E-state index contributed by atoms with van der Waals surface area (Å²) in [6.45, 7) is 8.35. The molecule has 1 unspecified atom stereocenters. The molecule has 2 aromatic rings. The Morgan fingerprint density at radius 3 is 2.31 bits per heavy atom.